The largest absolute Gasteiger partial charge is 0.465 e. The third-order valence-electron chi connectivity index (χ3n) is 3.60. The Balaban J connectivity index is 2.46. The Bertz CT molecular complexity index is 831. The van der Waals surface area contributed by atoms with E-state index < -0.39 is 11.9 Å². The maximum atomic E-state index is 12.0. The van der Waals surface area contributed by atoms with Crippen molar-refractivity contribution in [3.63, 3.8) is 0 Å². The second-order valence-electron chi connectivity index (χ2n) is 4.56. The first-order chi connectivity index (χ1) is 9.60. The summed E-state index contributed by atoms with van der Waals surface area (Å²) in [5, 5.41) is 0. The van der Waals surface area contributed by atoms with Crippen LogP contribution in [0.2, 0.25) is 0 Å². The second kappa shape index (κ2) is 4.23. The molecule has 3 aromatic heterocycles. The molecule has 0 saturated heterocycles. The first-order valence-electron chi connectivity index (χ1n) is 6.13. The number of rotatable bonds is 2. The average molecular weight is 271 g/mol. The van der Waals surface area contributed by atoms with Crippen LogP contribution in [0, 0.1) is 6.92 Å². The highest BCUT2D eigenvalue weighted by Gasteiger charge is 2.24. The highest BCUT2D eigenvalue weighted by atomic mass is 16.5. The summed E-state index contributed by atoms with van der Waals surface area (Å²) in [5.74, 6) is -0.829. The fourth-order valence-electron chi connectivity index (χ4n) is 2.68. The lowest BCUT2D eigenvalue weighted by atomic mass is 10.1. The first-order valence-corrected chi connectivity index (χ1v) is 6.13. The Kier molecular flexibility index (Phi) is 2.64. The van der Waals surface area contributed by atoms with Crippen LogP contribution in [-0.4, -0.2) is 30.6 Å². The number of aryl methyl sites for hydroxylation is 1. The van der Waals surface area contributed by atoms with Crippen LogP contribution in [0.5, 0.6) is 0 Å². The van der Waals surface area contributed by atoms with Crippen molar-refractivity contribution < 1.29 is 19.1 Å². The summed E-state index contributed by atoms with van der Waals surface area (Å²) >= 11 is 0. The minimum atomic E-state index is -0.422. The molecule has 0 unspecified atom stereocenters. The highest BCUT2D eigenvalue weighted by Crippen LogP contribution is 2.31. The van der Waals surface area contributed by atoms with Crippen LogP contribution in [0.4, 0.5) is 0 Å². The van der Waals surface area contributed by atoms with Crippen LogP contribution >= 0.6 is 0 Å². The minimum absolute atomic E-state index is 0.408. The van der Waals surface area contributed by atoms with Crippen molar-refractivity contribution >= 4 is 28.5 Å². The maximum Gasteiger partial charge on any atom is 0.340 e. The van der Waals surface area contributed by atoms with Crippen molar-refractivity contribution in [2.24, 2.45) is 0 Å². The van der Waals surface area contributed by atoms with Gasteiger partial charge in [-0.05, 0) is 30.7 Å². The molecule has 5 nitrogen and oxygen atoms in total. The van der Waals surface area contributed by atoms with E-state index in [9.17, 15) is 9.59 Å². The number of hydrogen-bond acceptors (Lipinski definition) is 4. The summed E-state index contributed by atoms with van der Waals surface area (Å²) in [6.07, 6.45) is 0. The molecule has 20 heavy (non-hydrogen) atoms. The number of hydrogen-bond donors (Lipinski definition) is 0. The van der Waals surface area contributed by atoms with E-state index in [1.54, 1.807) is 6.07 Å². The molecule has 0 atom stereocenters. The van der Waals surface area contributed by atoms with Crippen LogP contribution in [-0.2, 0) is 9.47 Å². The van der Waals surface area contributed by atoms with Gasteiger partial charge in [0.1, 0.15) is 0 Å². The molecule has 0 N–H and O–H groups in total. The Morgan fingerprint density at radius 2 is 1.65 bits per heavy atom. The van der Waals surface area contributed by atoms with Crippen LogP contribution in [0.1, 0.15) is 26.3 Å². The molecular formula is C15H13NO4. The van der Waals surface area contributed by atoms with E-state index >= 15 is 0 Å². The molecule has 0 saturated carbocycles. The van der Waals surface area contributed by atoms with Gasteiger partial charge in [-0.3, -0.25) is 0 Å². The van der Waals surface area contributed by atoms with Gasteiger partial charge in [-0.2, -0.15) is 0 Å². The van der Waals surface area contributed by atoms with E-state index in [1.807, 2.05) is 29.5 Å². The monoisotopic (exact) mass is 271 g/mol. The highest BCUT2D eigenvalue weighted by molar-refractivity contribution is 6.08. The van der Waals surface area contributed by atoms with E-state index in [2.05, 4.69) is 0 Å². The SMILES string of the molecule is COC(=O)c1cc2c(C(=O)OC)c(C)c3cccc1n32. The van der Waals surface area contributed by atoms with Crippen LogP contribution in [0.15, 0.2) is 24.3 Å². The number of ether oxygens (including phenoxy) is 2. The minimum Gasteiger partial charge on any atom is -0.465 e. The Morgan fingerprint density at radius 3 is 2.30 bits per heavy atom. The van der Waals surface area contributed by atoms with Crippen molar-refractivity contribution in [3.05, 3.63) is 41.0 Å². The smallest absolute Gasteiger partial charge is 0.340 e. The Labute approximate surface area is 115 Å². The first kappa shape index (κ1) is 12.5. The van der Waals surface area contributed by atoms with Crippen molar-refractivity contribution in [2.75, 3.05) is 14.2 Å². The summed E-state index contributed by atoms with van der Waals surface area (Å²) in [6.45, 7) is 1.87. The number of pyridine rings is 1. The molecule has 0 aliphatic heterocycles. The van der Waals surface area contributed by atoms with Crippen molar-refractivity contribution in [2.45, 2.75) is 6.92 Å². The van der Waals surface area contributed by atoms with Gasteiger partial charge >= 0.3 is 11.9 Å². The van der Waals surface area contributed by atoms with Crippen molar-refractivity contribution in [3.8, 4) is 0 Å². The third-order valence-corrected chi connectivity index (χ3v) is 3.60. The number of carbonyl (C=O) groups excluding carboxylic acids is 2. The van der Waals surface area contributed by atoms with Crippen molar-refractivity contribution in [1.82, 2.24) is 4.40 Å². The van der Waals surface area contributed by atoms with Crippen molar-refractivity contribution in [1.29, 1.82) is 0 Å². The summed E-state index contributed by atoms with van der Waals surface area (Å²) in [7, 11) is 2.68. The summed E-state index contributed by atoms with van der Waals surface area (Å²) < 4.78 is 11.5. The van der Waals surface area contributed by atoms with Crippen LogP contribution in [0.25, 0.3) is 16.6 Å². The number of esters is 2. The van der Waals surface area contributed by atoms with Gasteiger partial charge in [0.25, 0.3) is 0 Å². The molecule has 3 aromatic rings. The molecule has 3 heterocycles. The summed E-state index contributed by atoms with van der Waals surface area (Å²) in [6, 6.07) is 7.26. The Morgan fingerprint density at radius 1 is 1.00 bits per heavy atom. The molecule has 0 spiro atoms. The number of nitrogens with zero attached hydrogens (tertiary/aromatic N) is 1. The van der Waals surface area contributed by atoms with Gasteiger partial charge in [0, 0.05) is 0 Å². The van der Waals surface area contributed by atoms with E-state index in [4.69, 9.17) is 9.47 Å². The zero-order chi connectivity index (χ0) is 14.4. The van der Waals surface area contributed by atoms with E-state index in [-0.39, 0.29) is 0 Å². The van der Waals surface area contributed by atoms with Gasteiger partial charge in [0.2, 0.25) is 0 Å². The van der Waals surface area contributed by atoms with Gasteiger partial charge in [0.15, 0.2) is 0 Å². The predicted molar refractivity (Wildman–Crippen MR) is 73.5 cm³/mol. The summed E-state index contributed by atoms with van der Waals surface area (Å²) in [4.78, 5) is 23.8. The van der Waals surface area contributed by atoms with E-state index in [0.29, 0.717) is 16.6 Å². The molecule has 0 amide bonds. The number of carbonyl (C=O) groups is 2. The molecule has 0 aromatic carbocycles. The fraction of sp³-hybridized carbons (Fsp3) is 0.200. The quantitative estimate of drug-likeness (QED) is 0.672. The molecule has 0 fully saturated rings. The molecule has 0 aliphatic carbocycles. The maximum absolute atomic E-state index is 12.0. The molecule has 0 aliphatic rings. The molecule has 5 heteroatoms. The predicted octanol–water partition coefficient (Wildman–Crippen LogP) is 2.41. The lowest BCUT2D eigenvalue weighted by Gasteiger charge is -2.00. The van der Waals surface area contributed by atoms with Gasteiger partial charge in [-0.15, -0.1) is 0 Å². The van der Waals surface area contributed by atoms with E-state index in [0.717, 1.165) is 16.6 Å². The number of aromatic nitrogens is 1. The lowest BCUT2D eigenvalue weighted by molar-refractivity contribution is 0.0592. The van der Waals surface area contributed by atoms with Crippen LogP contribution < -0.4 is 0 Å². The van der Waals surface area contributed by atoms with Gasteiger partial charge in [-0.25, -0.2) is 9.59 Å². The third kappa shape index (κ3) is 1.43. The Hall–Kier alpha value is -2.56. The normalized spacial score (nSPS) is 11.2. The number of methoxy groups -OCH3 is 2. The molecule has 0 radical (unpaired) electrons. The fourth-order valence-corrected chi connectivity index (χ4v) is 2.68. The van der Waals surface area contributed by atoms with Crippen LogP contribution in [0.3, 0.4) is 0 Å². The molecule has 0 bridgehead atoms. The molecule has 102 valence electrons. The topological polar surface area (TPSA) is 57.0 Å². The zero-order valence-corrected chi connectivity index (χ0v) is 11.4. The van der Waals surface area contributed by atoms with Gasteiger partial charge < -0.3 is 13.9 Å². The van der Waals surface area contributed by atoms with E-state index in [1.165, 1.54) is 14.2 Å². The van der Waals surface area contributed by atoms with Gasteiger partial charge in [0.05, 0.1) is 41.9 Å². The zero-order valence-electron chi connectivity index (χ0n) is 11.4. The standard InChI is InChI=1S/C15H13NO4/c1-8-10-5-4-6-11-9(14(17)19-2)7-12(16(10)11)13(8)15(18)20-3/h4-7H,1-3H3. The molecular weight excluding hydrogens is 258 g/mol. The summed E-state index contributed by atoms with van der Waals surface area (Å²) in [5.41, 5.74) is 4.04. The van der Waals surface area contributed by atoms with Gasteiger partial charge in [-0.1, -0.05) is 6.07 Å². The second-order valence-corrected chi connectivity index (χ2v) is 4.56. The average Bonchev–Trinajstić information content (AvgIpc) is 2.98. The lowest BCUT2D eigenvalue weighted by Crippen LogP contribution is -2.02. The molecule has 3 rings (SSSR count).